The maximum absolute atomic E-state index is 12.9. The van der Waals surface area contributed by atoms with Gasteiger partial charge in [0, 0.05) is 42.5 Å². The number of hydrogen-bond donors (Lipinski definition) is 2. The van der Waals surface area contributed by atoms with Gasteiger partial charge in [0.05, 0.1) is 11.1 Å². The average molecular weight is 417 g/mol. The summed E-state index contributed by atoms with van der Waals surface area (Å²) in [5, 5.41) is 14.0. The smallest absolute Gasteiger partial charge is 0.416 e. The second-order valence-corrected chi connectivity index (χ2v) is 7.27. The van der Waals surface area contributed by atoms with Gasteiger partial charge in [-0.1, -0.05) is 31.2 Å². The third-order valence-corrected chi connectivity index (χ3v) is 4.96. The van der Waals surface area contributed by atoms with Crippen LogP contribution in [0.1, 0.15) is 30.9 Å². The Labute approximate surface area is 174 Å². The second-order valence-electron chi connectivity index (χ2n) is 7.27. The minimum Gasteiger partial charge on any atom is -0.508 e. The van der Waals surface area contributed by atoms with E-state index in [9.17, 15) is 18.3 Å². The van der Waals surface area contributed by atoms with E-state index in [0.29, 0.717) is 29.7 Å². The van der Waals surface area contributed by atoms with Gasteiger partial charge in [-0.15, -0.1) is 0 Å². The van der Waals surface area contributed by atoms with E-state index in [1.54, 1.807) is 12.1 Å². The van der Waals surface area contributed by atoms with E-state index < -0.39 is 11.7 Å². The molecule has 0 aliphatic carbocycles. The molecule has 0 saturated heterocycles. The number of pyridine rings is 1. The van der Waals surface area contributed by atoms with Crippen LogP contribution in [-0.2, 0) is 12.7 Å². The molecular weight excluding hydrogens is 391 g/mol. The number of nitrogens with zero attached hydrogens (tertiary/aromatic N) is 2. The van der Waals surface area contributed by atoms with Crippen LogP contribution in [0.5, 0.6) is 5.75 Å². The number of alkyl halides is 3. The van der Waals surface area contributed by atoms with Crippen LogP contribution in [0.25, 0.3) is 10.9 Å². The lowest BCUT2D eigenvalue weighted by Crippen LogP contribution is -2.26. The van der Waals surface area contributed by atoms with Crippen molar-refractivity contribution in [2.45, 2.75) is 32.5 Å². The van der Waals surface area contributed by atoms with Crippen molar-refractivity contribution in [2.75, 3.05) is 25.0 Å². The van der Waals surface area contributed by atoms with Gasteiger partial charge in [-0.3, -0.25) is 9.88 Å². The van der Waals surface area contributed by atoms with Gasteiger partial charge in [0.2, 0.25) is 0 Å². The monoisotopic (exact) mass is 417 g/mol. The molecule has 2 aromatic carbocycles. The van der Waals surface area contributed by atoms with Crippen LogP contribution in [0.3, 0.4) is 0 Å². The first-order valence-corrected chi connectivity index (χ1v) is 10.1. The Kier molecular flexibility index (Phi) is 7.15. The molecule has 7 heteroatoms. The molecule has 0 atom stereocenters. The summed E-state index contributed by atoms with van der Waals surface area (Å²) in [6.45, 7) is 5.25. The minimum atomic E-state index is -4.38. The quantitative estimate of drug-likeness (QED) is 0.440. The number of phenolic OH excluding ortho intramolecular Hbond substituents is 1. The van der Waals surface area contributed by atoms with Gasteiger partial charge >= 0.3 is 6.18 Å². The van der Waals surface area contributed by atoms with E-state index >= 15 is 0 Å². The van der Waals surface area contributed by atoms with Gasteiger partial charge < -0.3 is 10.4 Å². The zero-order chi connectivity index (χ0) is 21.6. The fourth-order valence-electron chi connectivity index (χ4n) is 3.48. The Bertz CT molecular complexity index is 975. The van der Waals surface area contributed by atoms with Crippen LogP contribution < -0.4 is 5.32 Å². The average Bonchev–Trinajstić information content (AvgIpc) is 2.72. The SMILES string of the molecule is CCCN(CCCNc1ccnc2cc(C(F)(F)F)ccc12)Cc1ccccc1O. The van der Waals surface area contributed by atoms with Crippen LogP contribution in [0.15, 0.2) is 54.7 Å². The first-order chi connectivity index (χ1) is 14.4. The highest BCUT2D eigenvalue weighted by Crippen LogP contribution is 2.32. The van der Waals surface area contributed by atoms with Gasteiger partial charge in [0.1, 0.15) is 5.75 Å². The third-order valence-electron chi connectivity index (χ3n) is 4.96. The summed E-state index contributed by atoms with van der Waals surface area (Å²) >= 11 is 0. The number of phenols is 1. The Morgan fingerprint density at radius 3 is 2.60 bits per heavy atom. The number of rotatable bonds is 9. The summed E-state index contributed by atoms with van der Waals surface area (Å²) in [6, 6.07) is 12.8. The van der Waals surface area contributed by atoms with E-state index in [1.807, 2.05) is 18.2 Å². The zero-order valence-corrected chi connectivity index (χ0v) is 16.9. The number of fused-ring (bicyclic) bond motifs is 1. The maximum atomic E-state index is 12.9. The highest BCUT2D eigenvalue weighted by atomic mass is 19.4. The number of para-hydroxylation sites is 1. The largest absolute Gasteiger partial charge is 0.508 e. The molecule has 0 spiro atoms. The van der Waals surface area contributed by atoms with E-state index in [0.717, 1.165) is 49.3 Å². The molecule has 0 aliphatic heterocycles. The molecule has 0 aliphatic rings. The topological polar surface area (TPSA) is 48.4 Å². The summed E-state index contributed by atoms with van der Waals surface area (Å²) in [5.74, 6) is 0.304. The number of aromatic hydroxyl groups is 1. The third kappa shape index (κ3) is 5.63. The molecule has 0 fully saturated rings. The van der Waals surface area contributed by atoms with Crippen LogP contribution in [-0.4, -0.2) is 34.6 Å². The van der Waals surface area contributed by atoms with E-state index in [-0.39, 0.29) is 0 Å². The van der Waals surface area contributed by atoms with Gasteiger partial charge in [-0.25, -0.2) is 0 Å². The number of nitrogens with one attached hydrogen (secondary N) is 1. The fourth-order valence-corrected chi connectivity index (χ4v) is 3.48. The molecule has 3 rings (SSSR count). The van der Waals surface area contributed by atoms with Crippen molar-refractivity contribution < 1.29 is 18.3 Å². The fraction of sp³-hybridized carbons (Fsp3) is 0.348. The molecule has 0 unspecified atom stereocenters. The number of aromatic nitrogens is 1. The molecule has 1 heterocycles. The number of halogens is 3. The minimum absolute atomic E-state index is 0.304. The number of hydrogen-bond acceptors (Lipinski definition) is 4. The van der Waals surface area contributed by atoms with Crippen LogP contribution in [0.4, 0.5) is 18.9 Å². The molecule has 4 nitrogen and oxygen atoms in total. The van der Waals surface area contributed by atoms with E-state index in [2.05, 4.69) is 22.1 Å². The Morgan fingerprint density at radius 2 is 1.87 bits per heavy atom. The van der Waals surface area contributed by atoms with Crippen molar-refractivity contribution in [3.63, 3.8) is 0 Å². The first kappa shape index (κ1) is 21.9. The number of benzene rings is 2. The predicted molar refractivity (Wildman–Crippen MR) is 114 cm³/mol. The lowest BCUT2D eigenvalue weighted by Gasteiger charge is -2.22. The summed E-state index contributed by atoms with van der Waals surface area (Å²) in [5.41, 5.74) is 1.30. The summed E-state index contributed by atoms with van der Waals surface area (Å²) in [6.07, 6.45) is -0.989. The van der Waals surface area contributed by atoms with Crippen molar-refractivity contribution in [3.8, 4) is 5.75 Å². The Morgan fingerprint density at radius 1 is 1.07 bits per heavy atom. The molecule has 0 saturated carbocycles. The number of anilines is 1. The normalized spacial score (nSPS) is 11.9. The molecule has 0 amide bonds. The molecule has 1 aromatic heterocycles. The zero-order valence-electron chi connectivity index (χ0n) is 16.9. The van der Waals surface area contributed by atoms with Gasteiger partial charge in [-0.05, 0) is 43.7 Å². The summed E-state index contributed by atoms with van der Waals surface area (Å²) in [7, 11) is 0. The van der Waals surface area contributed by atoms with Gasteiger partial charge in [-0.2, -0.15) is 13.2 Å². The molecule has 30 heavy (non-hydrogen) atoms. The highest BCUT2D eigenvalue weighted by molar-refractivity contribution is 5.91. The molecule has 160 valence electrons. The molecular formula is C23H26F3N3O. The first-order valence-electron chi connectivity index (χ1n) is 10.1. The van der Waals surface area contributed by atoms with E-state index in [4.69, 9.17) is 0 Å². The van der Waals surface area contributed by atoms with Crippen molar-refractivity contribution in [3.05, 3.63) is 65.9 Å². The molecule has 0 radical (unpaired) electrons. The van der Waals surface area contributed by atoms with Crippen LogP contribution >= 0.6 is 0 Å². The van der Waals surface area contributed by atoms with Crippen molar-refractivity contribution in [2.24, 2.45) is 0 Å². The van der Waals surface area contributed by atoms with Crippen molar-refractivity contribution in [1.29, 1.82) is 0 Å². The Balaban J connectivity index is 1.60. The predicted octanol–water partition coefficient (Wildman–Crippen LogP) is 5.67. The molecule has 3 aromatic rings. The Hall–Kier alpha value is -2.80. The van der Waals surface area contributed by atoms with Crippen LogP contribution in [0.2, 0.25) is 0 Å². The lowest BCUT2D eigenvalue weighted by atomic mass is 10.1. The second kappa shape index (κ2) is 9.80. The highest BCUT2D eigenvalue weighted by Gasteiger charge is 2.30. The van der Waals surface area contributed by atoms with Crippen LogP contribution in [0, 0.1) is 0 Å². The molecule has 0 bridgehead atoms. The van der Waals surface area contributed by atoms with Crippen molar-refractivity contribution in [1.82, 2.24) is 9.88 Å². The lowest BCUT2D eigenvalue weighted by molar-refractivity contribution is -0.137. The molecule has 2 N–H and O–H groups in total. The van der Waals surface area contributed by atoms with Gasteiger partial charge in [0.15, 0.2) is 0 Å². The summed E-state index contributed by atoms with van der Waals surface area (Å²) < 4.78 is 38.8. The van der Waals surface area contributed by atoms with Crippen molar-refractivity contribution >= 4 is 16.6 Å². The summed E-state index contributed by atoms with van der Waals surface area (Å²) in [4.78, 5) is 6.37. The maximum Gasteiger partial charge on any atom is 0.416 e. The van der Waals surface area contributed by atoms with Gasteiger partial charge in [0.25, 0.3) is 0 Å². The van der Waals surface area contributed by atoms with E-state index in [1.165, 1.54) is 12.3 Å². The standard InChI is InChI=1S/C23H26F3N3O/c1-2-13-29(16-17-6-3-4-7-22(17)30)14-5-11-27-20-10-12-28-21-15-18(23(24,25)26)8-9-19(20)21/h3-4,6-10,12,15,30H,2,5,11,13-14,16H2,1H3,(H,27,28).